The van der Waals surface area contributed by atoms with Gasteiger partial charge in [0, 0.05) is 18.8 Å². The predicted octanol–water partition coefficient (Wildman–Crippen LogP) is 2.73. The lowest BCUT2D eigenvalue weighted by Gasteiger charge is -2.23. The van der Waals surface area contributed by atoms with E-state index in [1.807, 2.05) is 0 Å². The topological polar surface area (TPSA) is 92.5 Å². The number of amides is 1. The molecule has 1 heterocycles. The number of carbonyl (C=O) groups is 1. The van der Waals surface area contributed by atoms with Crippen LogP contribution in [0, 0.1) is 0 Å². The van der Waals surface area contributed by atoms with Gasteiger partial charge in [0.05, 0.1) is 11.3 Å². The first-order valence-electron chi connectivity index (χ1n) is 8.30. The second-order valence-corrected chi connectivity index (χ2v) is 8.24. The summed E-state index contributed by atoms with van der Waals surface area (Å²) in [6.07, 6.45) is -3.30. The predicted molar refractivity (Wildman–Crippen MR) is 99.0 cm³/mol. The van der Waals surface area contributed by atoms with Crippen molar-refractivity contribution in [3.8, 4) is 0 Å². The van der Waals surface area contributed by atoms with Crippen LogP contribution in [0.3, 0.4) is 0 Å². The highest BCUT2D eigenvalue weighted by Gasteiger charge is 2.38. The average molecular weight is 430 g/mol. The number of halogens is 4. The fraction of sp³-hybridized carbons (Fsp3) is 0.562. The molecule has 1 aliphatic heterocycles. The second-order valence-electron chi connectivity index (χ2n) is 6.19. The molecular formula is C16H23ClF3N3O3S. The molecule has 1 fully saturated rings. The van der Waals surface area contributed by atoms with E-state index in [1.54, 1.807) is 6.92 Å². The molecule has 1 saturated heterocycles. The van der Waals surface area contributed by atoms with E-state index >= 15 is 0 Å². The molecule has 0 aliphatic carbocycles. The van der Waals surface area contributed by atoms with E-state index in [2.05, 4.69) is 5.32 Å². The number of nitrogens with zero attached hydrogens (tertiary/aromatic N) is 1. The van der Waals surface area contributed by atoms with Gasteiger partial charge in [-0.2, -0.15) is 17.5 Å². The number of nitrogens with two attached hydrogens (primary N) is 1. The Balaban J connectivity index is 0.00000364. The minimum Gasteiger partial charge on any atom is -0.326 e. The lowest BCUT2D eigenvalue weighted by molar-refractivity contribution is -0.137. The number of anilines is 1. The zero-order chi connectivity index (χ0) is 19.5. The largest absolute Gasteiger partial charge is 0.416 e. The maximum atomic E-state index is 13.0. The fourth-order valence-corrected chi connectivity index (χ4v) is 4.73. The van der Waals surface area contributed by atoms with Crippen molar-refractivity contribution in [2.24, 2.45) is 5.73 Å². The van der Waals surface area contributed by atoms with Crippen LogP contribution in [0.25, 0.3) is 0 Å². The van der Waals surface area contributed by atoms with Crippen molar-refractivity contribution >= 4 is 34.0 Å². The Labute approximate surface area is 162 Å². The molecule has 27 heavy (non-hydrogen) atoms. The van der Waals surface area contributed by atoms with E-state index in [-0.39, 0.29) is 42.5 Å². The molecule has 3 N–H and O–H groups in total. The van der Waals surface area contributed by atoms with Gasteiger partial charge in [0.15, 0.2) is 0 Å². The van der Waals surface area contributed by atoms with Crippen LogP contribution in [0.5, 0.6) is 0 Å². The number of hydrogen-bond donors (Lipinski definition) is 2. The van der Waals surface area contributed by atoms with Gasteiger partial charge in [0.2, 0.25) is 15.9 Å². The van der Waals surface area contributed by atoms with E-state index < -0.39 is 33.7 Å². The van der Waals surface area contributed by atoms with Crippen molar-refractivity contribution in [3.63, 3.8) is 0 Å². The molecule has 11 heteroatoms. The van der Waals surface area contributed by atoms with Crippen molar-refractivity contribution in [2.45, 2.75) is 44.9 Å². The Hall–Kier alpha value is -1.36. The first-order chi connectivity index (χ1) is 12.1. The summed E-state index contributed by atoms with van der Waals surface area (Å²) in [5, 5.41) is 2.41. The Bertz CT molecular complexity index is 772. The van der Waals surface area contributed by atoms with Crippen LogP contribution in [0.2, 0.25) is 0 Å². The standard InChI is InChI=1S/C16H22F3N3O3S.ClH/c1-2-6-26(24,25)22-5-3-4-14(22)15(23)21-13-8-11(10-20)7-12(9-13)16(17,18)19;/h7-9,14H,2-6,10,20H2,1H3,(H,21,23);1H. The highest BCUT2D eigenvalue weighted by Crippen LogP contribution is 2.32. The van der Waals surface area contributed by atoms with Crippen LogP contribution < -0.4 is 11.1 Å². The summed E-state index contributed by atoms with van der Waals surface area (Å²) in [4.78, 5) is 12.5. The van der Waals surface area contributed by atoms with Gasteiger partial charge in [-0.15, -0.1) is 12.4 Å². The Kier molecular flexibility index (Phi) is 8.09. The van der Waals surface area contributed by atoms with Gasteiger partial charge in [-0.1, -0.05) is 6.92 Å². The molecule has 1 amide bonds. The molecule has 1 aromatic rings. The number of hydrogen-bond acceptors (Lipinski definition) is 4. The number of carbonyl (C=O) groups excluding carboxylic acids is 1. The summed E-state index contributed by atoms with van der Waals surface area (Å²) in [7, 11) is -3.57. The minimum atomic E-state index is -4.57. The average Bonchev–Trinajstić information content (AvgIpc) is 3.04. The molecule has 1 unspecified atom stereocenters. The quantitative estimate of drug-likeness (QED) is 0.727. The molecule has 0 bridgehead atoms. The van der Waals surface area contributed by atoms with Crippen LogP contribution >= 0.6 is 12.4 Å². The van der Waals surface area contributed by atoms with Crippen molar-refractivity contribution in [1.82, 2.24) is 4.31 Å². The van der Waals surface area contributed by atoms with Crippen molar-refractivity contribution in [2.75, 3.05) is 17.6 Å². The lowest BCUT2D eigenvalue weighted by atomic mass is 10.1. The number of alkyl halides is 3. The van der Waals surface area contributed by atoms with Gasteiger partial charge in [0.25, 0.3) is 0 Å². The molecule has 2 rings (SSSR count). The third kappa shape index (κ3) is 5.81. The summed E-state index contributed by atoms with van der Waals surface area (Å²) in [5.41, 5.74) is 4.68. The molecule has 154 valence electrons. The minimum absolute atomic E-state index is 0. The molecule has 6 nitrogen and oxygen atoms in total. The van der Waals surface area contributed by atoms with Gasteiger partial charge in [0.1, 0.15) is 6.04 Å². The highest BCUT2D eigenvalue weighted by molar-refractivity contribution is 7.89. The molecule has 1 aliphatic rings. The number of rotatable bonds is 6. The van der Waals surface area contributed by atoms with Gasteiger partial charge >= 0.3 is 6.18 Å². The van der Waals surface area contributed by atoms with Gasteiger partial charge < -0.3 is 11.1 Å². The van der Waals surface area contributed by atoms with Crippen LogP contribution in [-0.2, 0) is 27.5 Å². The van der Waals surface area contributed by atoms with E-state index in [1.165, 1.54) is 6.07 Å². The summed E-state index contributed by atoms with van der Waals surface area (Å²) < 4.78 is 64.6. The summed E-state index contributed by atoms with van der Waals surface area (Å²) >= 11 is 0. The maximum absolute atomic E-state index is 13.0. The Morgan fingerprint density at radius 3 is 2.56 bits per heavy atom. The SMILES string of the molecule is CCCS(=O)(=O)N1CCCC1C(=O)Nc1cc(CN)cc(C(F)(F)F)c1.Cl. The van der Waals surface area contributed by atoms with E-state index in [9.17, 15) is 26.4 Å². The molecule has 0 spiro atoms. The van der Waals surface area contributed by atoms with Gasteiger partial charge in [-0.05, 0) is 43.0 Å². The zero-order valence-corrected chi connectivity index (χ0v) is 16.4. The van der Waals surface area contributed by atoms with E-state index in [0.29, 0.717) is 19.3 Å². The fourth-order valence-electron chi connectivity index (χ4n) is 2.98. The number of sulfonamides is 1. The first-order valence-corrected chi connectivity index (χ1v) is 9.91. The third-order valence-corrected chi connectivity index (χ3v) is 6.22. The van der Waals surface area contributed by atoms with Crippen molar-refractivity contribution < 1.29 is 26.4 Å². The Morgan fingerprint density at radius 1 is 1.33 bits per heavy atom. The lowest BCUT2D eigenvalue weighted by Crippen LogP contribution is -2.44. The van der Waals surface area contributed by atoms with Crippen LogP contribution in [-0.4, -0.2) is 37.0 Å². The molecule has 0 saturated carbocycles. The highest BCUT2D eigenvalue weighted by atomic mass is 35.5. The van der Waals surface area contributed by atoms with Crippen LogP contribution in [0.4, 0.5) is 18.9 Å². The molecular weight excluding hydrogens is 407 g/mol. The van der Waals surface area contributed by atoms with Gasteiger partial charge in [-0.25, -0.2) is 8.42 Å². The monoisotopic (exact) mass is 429 g/mol. The molecule has 0 aromatic heterocycles. The summed E-state index contributed by atoms with van der Waals surface area (Å²) in [6.45, 7) is 1.84. The maximum Gasteiger partial charge on any atom is 0.416 e. The van der Waals surface area contributed by atoms with Crippen LogP contribution in [0.15, 0.2) is 18.2 Å². The summed E-state index contributed by atoms with van der Waals surface area (Å²) in [5.74, 6) is -0.707. The van der Waals surface area contributed by atoms with Crippen molar-refractivity contribution in [3.05, 3.63) is 29.3 Å². The second kappa shape index (κ2) is 9.22. The molecule has 1 aromatic carbocycles. The number of benzene rings is 1. The molecule has 0 radical (unpaired) electrons. The Morgan fingerprint density at radius 2 is 2.00 bits per heavy atom. The smallest absolute Gasteiger partial charge is 0.326 e. The zero-order valence-electron chi connectivity index (χ0n) is 14.8. The number of nitrogens with one attached hydrogen (secondary N) is 1. The van der Waals surface area contributed by atoms with E-state index in [4.69, 9.17) is 5.73 Å². The first kappa shape index (κ1) is 23.7. The third-order valence-electron chi connectivity index (χ3n) is 4.15. The van der Waals surface area contributed by atoms with Gasteiger partial charge in [-0.3, -0.25) is 4.79 Å². The van der Waals surface area contributed by atoms with Crippen LogP contribution in [0.1, 0.15) is 37.3 Å². The molecule has 1 atom stereocenters. The summed E-state index contributed by atoms with van der Waals surface area (Å²) in [6, 6.07) is 2.18. The van der Waals surface area contributed by atoms with Crippen molar-refractivity contribution in [1.29, 1.82) is 0 Å². The normalized spacial score (nSPS) is 18.2. The van der Waals surface area contributed by atoms with E-state index in [0.717, 1.165) is 16.4 Å².